The van der Waals surface area contributed by atoms with Crippen molar-refractivity contribution in [2.24, 2.45) is 0 Å². The Balaban J connectivity index is 2.58. The minimum atomic E-state index is -0.196. The molecule has 0 radical (unpaired) electrons. The van der Waals surface area contributed by atoms with Crippen LogP contribution in [-0.2, 0) is 9.53 Å². The van der Waals surface area contributed by atoms with Gasteiger partial charge in [0.1, 0.15) is 0 Å². The van der Waals surface area contributed by atoms with E-state index >= 15 is 0 Å². The second-order valence-corrected chi connectivity index (χ2v) is 5.66. The molecule has 1 aromatic rings. The second-order valence-electron chi connectivity index (χ2n) is 4.83. The highest BCUT2D eigenvalue weighted by Gasteiger charge is 2.12. The van der Waals surface area contributed by atoms with Crippen LogP contribution < -0.4 is 5.32 Å². The van der Waals surface area contributed by atoms with Gasteiger partial charge in [0, 0.05) is 23.8 Å². The van der Waals surface area contributed by atoms with E-state index in [1.54, 1.807) is 6.92 Å². The number of halogens is 1. The number of ether oxygens (including phenoxy) is 1. The lowest BCUT2D eigenvalue weighted by Gasteiger charge is -2.25. The summed E-state index contributed by atoms with van der Waals surface area (Å²) in [6.07, 6.45) is 2.42. The van der Waals surface area contributed by atoms with E-state index in [9.17, 15) is 4.79 Å². The highest BCUT2D eigenvalue weighted by atomic mass is 35.5. The molecule has 0 saturated heterocycles. The molecule has 122 valence electrons. The molecule has 22 heavy (non-hydrogen) atoms. The number of hydrogen-bond donors (Lipinski definition) is 1. The van der Waals surface area contributed by atoms with Crippen LogP contribution in [0, 0.1) is 0 Å². The van der Waals surface area contributed by atoms with Crippen molar-refractivity contribution < 1.29 is 9.53 Å². The first kappa shape index (κ1) is 18.7. The fraction of sp³-hybridized carbons (Fsp3) is 0.500. The van der Waals surface area contributed by atoms with E-state index in [0.717, 1.165) is 25.1 Å². The average molecular weight is 343 g/mol. The highest BCUT2D eigenvalue weighted by molar-refractivity contribution is 7.80. The molecule has 0 saturated carbocycles. The highest BCUT2D eigenvalue weighted by Crippen LogP contribution is 2.14. The fourth-order valence-electron chi connectivity index (χ4n) is 1.86. The number of anilines is 1. The zero-order chi connectivity index (χ0) is 16.4. The van der Waals surface area contributed by atoms with Gasteiger partial charge in [-0.1, -0.05) is 24.9 Å². The van der Waals surface area contributed by atoms with E-state index in [1.807, 2.05) is 29.2 Å². The molecule has 0 aliphatic rings. The van der Waals surface area contributed by atoms with E-state index in [1.165, 1.54) is 0 Å². The summed E-state index contributed by atoms with van der Waals surface area (Å²) >= 11 is 11.3. The molecular weight excluding hydrogens is 320 g/mol. The molecule has 1 aromatic carbocycles. The van der Waals surface area contributed by atoms with Crippen LogP contribution in [0.3, 0.4) is 0 Å². The number of unbranched alkanes of at least 4 members (excludes halogenated alkanes) is 1. The van der Waals surface area contributed by atoms with Crippen LogP contribution >= 0.6 is 23.8 Å². The summed E-state index contributed by atoms with van der Waals surface area (Å²) in [6.45, 7) is 5.70. The SMILES string of the molecule is CCCCN(CCC(=O)OCC)C(=S)Nc1ccc(Cl)cc1. The Kier molecular flexibility index (Phi) is 8.85. The maximum absolute atomic E-state index is 11.5. The van der Waals surface area contributed by atoms with E-state index < -0.39 is 0 Å². The van der Waals surface area contributed by atoms with Crippen molar-refractivity contribution in [3.8, 4) is 0 Å². The lowest BCUT2D eigenvalue weighted by Crippen LogP contribution is -2.37. The lowest BCUT2D eigenvalue weighted by molar-refractivity contribution is -0.143. The Morgan fingerprint density at radius 1 is 1.27 bits per heavy atom. The molecule has 4 nitrogen and oxygen atoms in total. The van der Waals surface area contributed by atoms with E-state index in [4.69, 9.17) is 28.6 Å². The molecule has 0 heterocycles. The Labute approximate surface area is 142 Å². The van der Waals surface area contributed by atoms with Crippen molar-refractivity contribution in [2.45, 2.75) is 33.1 Å². The molecule has 0 unspecified atom stereocenters. The summed E-state index contributed by atoms with van der Waals surface area (Å²) in [4.78, 5) is 13.5. The first-order valence-electron chi connectivity index (χ1n) is 7.54. The second kappa shape index (κ2) is 10.4. The van der Waals surface area contributed by atoms with Crippen LogP contribution in [0.2, 0.25) is 5.02 Å². The molecule has 6 heteroatoms. The van der Waals surface area contributed by atoms with Crippen LogP contribution in [0.1, 0.15) is 33.1 Å². The van der Waals surface area contributed by atoms with Gasteiger partial charge in [0.2, 0.25) is 0 Å². The number of nitrogens with zero attached hydrogens (tertiary/aromatic N) is 1. The van der Waals surface area contributed by atoms with Crippen LogP contribution in [0.25, 0.3) is 0 Å². The van der Waals surface area contributed by atoms with Crippen LogP contribution in [0.5, 0.6) is 0 Å². The smallest absolute Gasteiger partial charge is 0.307 e. The molecule has 0 bridgehead atoms. The summed E-state index contributed by atoms with van der Waals surface area (Å²) in [5, 5.41) is 4.47. The van der Waals surface area contributed by atoms with Gasteiger partial charge in [-0.25, -0.2) is 0 Å². The van der Waals surface area contributed by atoms with Crippen molar-refractivity contribution in [1.29, 1.82) is 0 Å². The average Bonchev–Trinajstić information content (AvgIpc) is 2.50. The van der Waals surface area contributed by atoms with Crippen molar-refractivity contribution >= 4 is 40.6 Å². The summed E-state index contributed by atoms with van der Waals surface area (Å²) < 4.78 is 4.96. The first-order valence-corrected chi connectivity index (χ1v) is 8.32. The molecule has 0 aromatic heterocycles. The predicted octanol–water partition coefficient (Wildman–Crippen LogP) is 4.09. The topological polar surface area (TPSA) is 41.6 Å². The number of carbonyl (C=O) groups excluding carboxylic acids is 1. The minimum absolute atomic E-state index is 0.196. The monoisotopic (exact) mass is 342 g/mol. The number of benzene rings is 1. The molecule has 0 amide bonds. The molecule has 0 aliphatic heterocycles. The maximum atomic E-state index is 11.5. The molecule has 1 N–H and O–H groups in total. The molecule has 1 rings (SSSR count). The summed E-state index contributed by atoms with van der Waals surface area (Å²) in [6, 6.07) is 7.36. The van der Waals surface area contributed by atoms with Gasteiger partial charge in [-0.2, -0.15) is 0 Å². The van der Waals surface area contributed by atoms with Gasteiger partial charge in [-0.3, -0.25) is 4.79 Å². The zero-order valence-electron chi connectivity index (χ0n) is 13.1. The van der Waals surface area contributed by atoms with Gasteiger partial charge in [0.05, 0.1) is 13.0 Å². The molecule has 0 atom stereocenters. The summed E-state index contributed by atoms with van der Waals surface area (Å²) in [7, 11) is 0. The Morgan fingerprint density at radius 3 is 2.55 bits per heavy atom. The normalized spacial score (nSPS) is 10.1. The molecule has 0 aliphatic carbocycles. The third-order valence-corrected chi connectivity index (χ3v) is 3.67. The quantitative estimate of drug-likeness (QED) is 0.569. The molecular formula is C16H23ClN2O2S. The van der Waals surface area contributed by atoms with Gasteiger partial charge in [0.25, 0.3) is 0 Å². The lowest BCUT2D eigenvalue weighted by atomic mass is 10.3. The number of nitrogens with one attached hydrogen (secondary N) is 1. The number of rotatable bonds is 8. The number of carbonyl (C=O) groups is 1. The third kappa shape index (κ3) is 7.09. The standard InChI is InChI=1S/C16H23ClN2O2S/c1-3-5-11-19(12-10-15(20)21-4-2)16(22)18-14-8-6-13(17)7-9-14/h6-9H,3-5,10-12H2,1-2H3,(H,18,22). The van der Waals surface area contributed by atoms with Gasteiger partial charge < -0.3 is 15.0 Å². The van der Waals surface area contributed by atoms with Crippen molar-refractivity contribution in [3.05, 3.63) is 29.3 Å². The third-order valence-electron chi connectivity index (χ3n) is 3.06. The van der Waals surface area contributed by atoms with Crippen LogP contribution in [0.15, 0.2) is 24.3 Å². The van der Waals surface area contributed by atoms with Gasteiger partial charge in [-0.15, -0.1) is 0 Å². The predicted molar refractivity (Wildman–Crippen MR) is 95.4 cm³/mol. The fourth-order valence-corrected chi connectivity index (χ4v) is 2.29. The minimum Gasteiger partial charge on any atom is -0.466 e. The number of hydrogen-bond acceptors (Lipinski definition) is 3. The molecule has 0 spiro atoms. The van der Waals surface area contributed by atoms with Gasteiger partial charge in [0.15, 0.2) is 5.11 Å². The van der Waals surface area contributed by atoms with Crippen LogP contribution in [0.4, 0.5) is 5.69 Å². The van der Waals surface area contributed by atoms with Gasteiger partial charge >= 0.3 is 5.97 Å². The van der Waals surface area contributed by atoms with Crippen LogP contribution in [-0.4, -0.2) is 35.7 Å². The summed E-state index contributed by atoms with van der Waals surface area (Å²) in [5.41, 5.74) is 0.882. The van der Waals surface area contributed by atoms with E-state index in [0.29, 0.717) is 29.7 Å². The summed E-state index contributed by atoms with van der Waals surface area (Å²) in [5.74, 6) is -0.196. The van der Waals surface area contributed by atoms with E-state index in [2.05, 4.69) is 12.2 Å². The Morgan fingerprint density at radius 2 is 1.95 bits per heavy atom. The maximum Gasteiger partial charge on any atom is 0.307 e. The van der Waals surface area contributed by atoms with Crippen molar-refractivity contribution in [2.75, 3.05) is 25.0 Å². The molecule has 0 fully saturated rings. The Bertz CT molecular complexity index is 480. The van der Waals surface area contributed by atoms with Crippen molar-refractivity contribution in [1.82, 2.24) is 4.90 Å². The number of esters is 1. The van der Waals surface area contributed by atoms with E-state index in [-0.39, 0.29) is 5.97 Å². The zero-order valence-corrected chi connectivity index (χ0v) is 14.7. The number of thiocarbonyl (C=S) groups is 1. The first-order chi connectivity index (χ1) is 10.6. The van der Waals surface area contributed by atoms with Crippen molar-refractivity contribution in [3.63, 3.8) is 0 Å². The largest absolute Gasteiger partial charge is 0.466 e. The Hall–Kier alpha value is -1.33. The van der Waals surface area contributed by atoms with Gasteiger partial charge in [-0.05, 0) is 49.8 Å².